The van der Waals surface area contributed by atoms with Gasteiger partial charge < -0.3 is 9.84 Å². The van der Waals surface area contributed by atoms with E-state index < -0.39 is 26.1 Å². The number of non-ortho nitro benzene ring substituents is 1. The predicted octanol–water partition coefficient (Wildman–Crippen LogP) is 1.85. The minimum absolute atomic E-state index is 0.0714. The van der Waals surface area contributed by atoms with Gasteiger partial charge in [-0.05, 0) is 26.8 Å². The van der Waals surface area contributed by atoms with Gasteiger partial charge >= 0.3 is 0 Å². The third-order valence-corrected chi connectivity index (χ3v) is 5.17. The van der Waals surface area contributed by atoms with Gasteiger partial charge in [-0.2, -0.15) is 0 Å². The molecule has 1 N–H and O–H groups in total. The Morgan fingerprint density at radius 3 is 2.43 bits per heavy atom. The minimum Gasteiger partial charge on any atom is -0.492 e. The van der Waals surface area contributed by atoms with Crippen LogP contribution in [0.4, 0.5) is 5.69 Å². The first kappa shape index (κ1) is 17.4. The summed E-state index contributed by atoms with van der Waals surface area (Å²) in [5.74, 6) is 0.0931. The maximum Gasteiger partial charge on any atom is 0.270 e. The van der Waals surface area contributed by atoms with Gasteiger partial charge in [0.05, 0.1) is 22.0 Å². The molecule has 0 aliphatic carbocycles. The van der Waals surface area contributed by atoms with Crippen LogP contribution in [0.3, 0.4) is 0 Å². The van der Waals surface area contributed by atoms with E-state index in [0.717, 1.165) is 0 Å². The number of hydrogen-bond acceptors (Lipinski definition) is 6. The Morgan fingerprint density at radius 1 is 1.33 bits per heavy atom. The normalized spacial score (nSPS) is 13.2. The van der Waals surface area contributed by atoms with Gasteiger partial charge in [-0.3, -0.25) is 10.1 Å². The van der Waals surface area contributed by atoms with Gasteiger partial charge in [0.1, 0.15) is 12.4 Å². The van der Waals surface area contributed by atoms with Crippen LogP contribution >= 0.6 is 0 Å². The molecule has 21 heavy (non-hydrogen) atoms. The standard InChI is InChI=1S/C13H19NO6S/c1-9(2)21(18,19)7-6-20-13-5-4-11(14(16)17)8-12(13)10(3)15/h4-5,8-10,15H,6-7H2,1-3H3. The highest BCUT2D eigenvalue weighted by Crippen LogP contribution is 2.29. The predicted molar refractivity (Wildman–Crippen MR) is 78.1 cm³/mol. The Kier molecular flexibility index (Phi) is 5.68. The second-order valence-corrected chi connectivity index (χ2v) is 7.60. The molecule has 0 heterocycles. The highest BCUT2D eigenvalue weighted by molar-refractivity contribution is 7.91. The van der Waals surface area contributed by atoms with Crippen LogP contribution in [0.2, 0.25) is 0 Å². The number of nitro groups is 1. The Balaban J connectivity index is 2.87. The van der Waals surface area contributed by atoms with Gasteiger partial charge in [-0.25, -0.2) is 8.42 Å². The molecule has 0 amide bonds. The zero-order chi connectivity index (χ0) is 16.2. The maximum atomic E-state index is 11.7. The van der Waals surface area contributed by atoms with Crippen molar-refractivity contribution < 1.29 is 23.2 Å². The van der Waals surface area contributed by atoms with Crippen LogP contribution in [-0.2, 0) is 9.84 Å². The number of aliphatic hydroxyl groups is 1. The topological polar surface area (TPSA) is 107 Å². The average Bonchev–Trinajstić information content (AvgIpc) is 2.38. The van der Waals surface area contributed by atoms with Crippen LogP contribution < -0.4 is 4.74 Å². The van der Waals surface area contributed by atoms with Crippen molar-refractivity contribution in [2.45, 2.75) is 32.1 Å². The van der Waals surface area contributed by atoms with Gasteiger partial charge in [0.15, 0.2) is 9.84 Å². The molecule has 1 rings (SSSR count). The fourth-order valence-electron chi connectivity index (χ4n) is 1.61. The second kappa shape index (κ2) is 6.86. The van der Waals surface area contributed by atoms with Crippen molar-refractivity contribution in [3.63, 3.8) is 0 Å². The highest BCUT2D eigenvalue weighted by Gasteiger charge is 2.18. The van der Waals surface area contributed by atoms with Crippen LogP contribution in [0.25, 0.3) is 0 Å². The van der Waals surface area contributed by atoms with Gasteiger partial charge in [-0.15, -0.1) is 0 Å². The molecule has 1 unspecified atom stereocenters. The number of sulfone groups is 1. The zero-order valence-corrected chi connectivity index (χ0v) is 13.0. The van der Waals surface area contributed by atoms with Gasteiger partial charge in [0, 0.05) is 17.7 Å². The molecule has 0 radical (unpaired) electrons. The monoisotopic (exact) mass is 317 g/mol. The van der Waals surface area contributed by atoms with Gasteiger partial charge in [-0.1, -0.05) is 0 Å². The minimum atomic E-state index is -3.22. The first-order valence-electron chi connectivity index (χ1n) is 6.46. The van der Waals surface area contributed by atoms with E-state index in [1.165, 1.54) is 25.1 Å². The third-order valence-electron chi connectivity index (χ3n) is 3.00. The van der Waals surface area contributed by atoms with E-state index in [1.54, 1.807) is 13.8 Å². The molecule has 0 aliphatic rings. The SMILES string of the molecule is CC(O)c1cc([N+](=O)[O-])ccc1OCCS(=O)(=O)C(C)C. The lowest BCUT2D eigenvalue weighted by Gasteiger charge is -2.14. The summed E-state index contributed by atoms with van der Waals surface area (Å²) in [6.07, 6.45) is -0.957. The number of aliphatic hydroxyl groups excluding tert-OH is 1. The summed E-state index contributed by atoms with van der Waals surface area (Å²) in [5, 5.41) is 19.9. The fourth-order valence-corrected chi connectivity index (χ4v) is 2.40. The van der Waals surface area contributed by atoms with Gasteiger partial charge in [0.2, 0.25) is 0 Å². The van der Waals surface area contributed by atoms with E-state index in [1.807, 2.05) is 0 Å². The first-order chi connectivity index (χ1) is 9.65. The van der Waals surface area contributed by atoms with Crippen molar-refractivity contribution in [1.29, 1.82) is 0 Å². The Hall–Kier alpha value is -1.67. The molecule has 1 aromatic carbocycles. The summed E-state index contributed by atoms with van der Waals surface area (Å²) >= 11 is 0. The first-order valence-corrected chi connectivity index (χ1v) is 8.17. The summed E-state index contributed by atoms with van der Waals surface area (Å²) in [6.45, 7) is 4.56. The zero-order valence-electron chi connectivity index (χ0n) is 12.1. The molecule has 7 nitrogen and oxygen atoms in total. The van der Waals surface area contributed by atoms with E-state index in [4.69, 9.17) is 4.74 Å². The van der Waals surface area contributed by atoms with Crippen molar-refractivity contribution in [2.24, 2.45) is 0 Å². The summed E-state index contributed by atoms with van der Waals surface area (Å²) in [5.41, 5.74) is 0.0965. The van der Waals surface area contributed by atoms with E-state index in [-0.39, 0.29) is 29.4 Å². The van der Waals surface area contributed by atoms with Crippen molar-refractivity contribution in [1.82, 2.24) is 0 Å². The summed E-state index contributed by atoms with van der Waals surface area (Å²) in [4.78, 5) is 10.1. The van der Waals surface area contributed by atoms with Gasteiger partial charge in [0.25, 0.3) is 5.69 Å². The molecule has 0 saturated carbocycles. The Morgan fingerprint density at radius 2 is 1.95 bits per heavy atom. The summed E-state index contributed by atoms with van der Waals surface area (Å²) in [6, 6.07) is 3.83. The Bertz CT molecular complexity index is 609. The molecule has 0 aliphatic heterocycles. The molecule has 1 aromatic rings. The fraction of sp³-hybridized carbons (Fsp3) is 0.538. The van der Waals surface area contributed by atoms with Crippen molar-refractivity contribution >= 4 is 15.5 Å². The third kappa shape index (κ3) is 4.68. The van der Waals surface area contributed by atoms with Crippen LogP contribution in [0.15, 0.2) is 18.2 Å². The molecular formula is C13H19NO6S. The number of hydrogen-bond donors (Lipinski definition) is 1. The van der Waals surface area contributed by atoms with E-state index in [9.17, 15) is 23.6 Å². The average molecular weight is 317 g/mol. The van der Waals surface area contributed by atoms with Crippen LogP contribution in [0.5, 0.6) is 5.75 Å². The van der Waals surface area contributed by atoms with E-state index >= 15 is 0 Å². The molecule has 8 heteroatoms. The van der Waals surface area contributed by atoms with Crippen LogP contribution in [0, 0.1) is 10.1 Å². The molecule has 0 fully saturated rings. The molecule has 1 atom stereocenters. The lowest BCUT2D eigenvalue weighted by molar-refractivity contribution is -0.385. The smallest absolute Gasteiger partial charge is 0.270 e. The van der Waals surface area contributed by atoms with E-state index in [0.29, 0.717) is 0 Å². The molecular weight excluding hydrogens is 298 g/mol. The van der Waals surface area contributed by atoms with Crippen molar-refractivity contribution in [3.05, 3.63) is 33.9 Å². The molecule has 118 valence electrons. The number of ether oxygens (including phenoxy) is 1. The number of rotatable bonds is 7. The lowest BCUT2D eigenvalue weighted by Crippen LogP contribution is -2.22. The molecule has 0 bridgehead atoms. The number of benzene rings is 1. The molecule has 0 saturated heterocycles. The molecule has 0 spiro atoms. The number of nitrogens with zero attached hydrogens (tertiary/aromatic N) is 1. The quantitative estimate of drug-likeness (QED) is 0.607. The lowest BCUT2D eigenvalue weighted by atomic mass is 10.1. The Labute approximate surface area is 123 Å². The van der Waals surface area contributed by atoms with Crippen LogP contribution in [0.1, 0.15) is 32.4 Å². The van der Waals surface area contributed by atoms with E-state index in [2.05, 4.69) is 0 Å². The molecule has 0 aromatic heterocycles. The largest absolute Gasteiger partial charge is 0.492 e. The summed E-state index contributed by atoms with van der Waals surface area (Å²) in [7, 11) is -3.22. The highest BCUT2D eigenvalue weighted by atomic mass is 32.2. The number of nitro benzene ring substituents is 1. The second-order valence-electron chi connectivity index (χ2n) is 4.92. The maximum absolute atomic E-state index is 11.7. The summed E-state index contributed by atoms with van der Waals surface area (Å²) < 4.78 is 28.7. The van der Waals surface area contributed by atoms with Crippen molar-refractivity contribution in [2.75, 3.05) is 12.4 Å². The van der Waals surface area contributed by atoms with Crippen molar-refractivity contribution in [3.8, 4) is 5.75 Å². The van der Waals surface area contributed by atoms with Crippen LogP contribution in [-0.4, -0.2) is 36.1 Å².